The molecule has 23 heavy (non-hydrogen) atoms. The van der Waals surface area contributed by atoms with Crippen LogP contribution in [0.3, 0.4) is 0 Å². The first-order valence-corrected chi connectivity index (χ1v) is 7.55. The number of aromatic nitrogens is 4. The second-order valence-corrected chi connectivity index (χ2v) is 4.98. The summed E-state index contributed by atoms with van der Waals surface area (Å²) < 4.78 is 7.53. The summed E-state index contributed by atoms with van der Waals surface area (Å²) in [5, 5.41) is 11.4. The summed E-state index contributed by atoms with van der Waals surface area (Å²) in [6.45, 7) is 2.54. The number of nitrogens with zero attached hydrogens (tertiary/aromatic N) is 4. The minimum atomic E-state index is 0.399. The quantitative estimate of drug-likeness (QED) is 0.577. The Bertz CT molecular complexity index is 869. The van der Waals surface area contributed by atoms with Gasteiger partial charge in [0.1, 0.15) is 11.4 Å². The maximum absolute atomic E-state index is 5.59. The maximum Gasteiger partial charge on any atom is 0.216 e. The van der Waals surface area contributed by atoms with E-state index in [1.165, 1.54) is 0 Å². The van der Waals surface area contributed by atoms with Gasteiger partial charge in [0.25, 0.3) is 0 Å². The molecular weight excluding hydrogens is 310 g/mol. The highest BCUT2D eigenvalue weighted by Gasteiger charge is 2.09. The van der Waals surface area contributed by atoms with Crippen molar-refractivity contribution in [2.45, 2.75) is 6.92 Å². The van der Waals surface area contributed by atoms with Crippen molar-refractivity contribution in [2.24, 2.45) is 5.10 Å². The Balaban J connectivity index is 1.98. The third-order valence-electron chi connectivity index (χ3n) is 3.08. The average Bonchev–Trinajstić information content (AvgIpc) is 2.96. The zero-order chi connectivity index (χ0) is 16.1. The summed E-state index contributed by atoms with van der Waals surface area (Å²) in [6, 6.07) is 13.3. The second-order valence-electron chi connectivity index (χ2n) is 4.59. The SMILES string of the molecule is CCOc1ccccc1C=Nn1c(-c2ccccn2)n[nH]c1=S. The minimum Gasteiger partial charge on any atom is -0.493 e. The molecule has 0 bridgehead atoms. The number of para-hydroxylation sites is 1. The molecule has 1 aromatic carbocycles. The molecule has 1 N–H and O–H groups in total. The topological polar surface area (TPSA) is 68.1 Å². The molecular formula is C16H15N5OS. The Morgan fingerprint density at radius 1 is 1.26 bits per heavy atom. The van der Waals surface area contributed by atoms with Gasteiger partial charge in [-0.3, -0.25) is 4.98 Å². The van der Waals surface area contributed by atoms with Gasteiger partial charge in [0.2, 0.25) is 10.6 Å². The van der Waals surface area contributed by atoms with Crippen LogP contribution in [0.1, 0.15) is 12.5 Å². The molecule has 2 aromatic heterocycles. The average molecular weight is 325 g/mol. The molecule has 6 nitrogen and oxygen atoms in total. The van der Waals surface area contributed by atoms with E-state index in [2.05, 4.69) is 20.3 Å². The van der Waals surface area contributed by atoms with Crippen molar-refractivity contribution >= 4 is 18.4 Å². The number of benzene rings is 1. The van der Waals surface area contributed by atoms with Crippen LogP contribution in [0.25, 0.3) is 11.5 Å². The van der Waals surface area contributed by atoms with Crippen molar-refractivity contribution in [3.63, 3.8) is 0 Å². The first-order chi connectivity index (χ1) is 11.3. The first-order valence-electron chi connectivity index (χ1n) is 7.14. The zero-order valence-corrected chi connectivity index (χ0v) is 13.3. The molecule has 0 atom stereocenters. The largest absolute Gasteiger partial charge is 0.493 e. The Morgan fingerprint density at radius 2 is 2.09 bits per heavy atom. The molecule has 0 aliphatic carbocycles. The number of hydrogen-bond acceptors (Lipinski definition) is 5. The number of ether oxygens (including phenoxy) is 1. The predicted molar refractivity (Wildman–Crippen MR) is 91.2 cm³/mol. The lowest BCUT2D eigenvalue weighted by Crippen LogP contribution is -1.99. The molecule has 0 saturated heterocycles. The van der Waals surface area contributed by atoms with Crippen molar-refractivity contribution in [1.82, 2.24) is 19.9 Å². The van der Waals surface area contributed by atoms with E-state index in [4.69, 9.17) is 17.0 Å². The molecule has 3 rings (SSSR count). The third-order valence-corrected chi connectivity index (χ3v) is 3.34. The number of pyridine rings is 1. The van der Waals surface area contributed by atoms with Crippen LogP contribution in [-0.2, 0) is 0 Å². The summed E-state index contributed by atoms with van der Waals surface area (Å²) in [5.41, 5.74) is 1.56. The Kier molecular flexibility index (Phi) is 4.58. The Hall–Kier alpha value is -2.80. The number of aromatic amines is 1. The highest BCUT2D eigenvalue weighted by molar-refractivity contribution is 7.71. The molecule has 0 unspecified atom stereocenters. The van der Waals surface area contributed by atoms with Gasteiger partial charge in [-0.1, -0.05) is 18.2 Å². The molecule has 0 saturated carbocycles. The third kappa shape index (κ3) is 3.35. The summed E-state index contributed by atoms with van der Waals surface area (Å²) in [5.74, 6) is 1.33. The minimum absolute atomic E-state index is 0.399. The van der Waals surface area contributed by atoms with Gasteiger partial charge >= 0.3 is 0 Å². The second kappa shape index (κ2) is 6.97. The van der Waals surface area contributed by atoms with Gasteiger partial charge in [0.15, 0.2) is 0 Å². The lowest BCUT2D eigenvalue weighted by Gasteiger charge is -2.06. The van der Waals surface area contributed by atoms with Crippen LogP contribution in [0, 0.1) is 4.77 Å². The van der Waals surface area contributed by atoms with Crippen LogP contribution in [0.2, 0.25) is 0 Å². The van der Waals surface area contributed by atoms with Gasteiger partial charge in [0, 0.05) is 11.8 Å². The monoisotopic (exact) mass is 325 g/mol. The van der Waals surface area contributed by atoms with Crippen LogP contribution in [0.4, 0.5) is 0 Å². The summed E-state index contributed by atoms with van der Waals surface area (Å²) in [4.78, 5) is 4.28. The summed E-state index contributed by atoms with van der Waals surface area (Å²) in [6.07, 6.45) is 3.40. The summed E-state index contributed by atoms with van der Waals surface area (Å²) in [7, 11) is 0. The number of H-pyrrole nitrogens is 1. The van der Waals surface area contributed by atoms with E-state index >= 15 is 0 Å². The van der Waals surface area contributed by atoms with Gasteiger partial charge in [0.05, 0.1) is 12.8 Å². The Labute approximate surface area is 138 Å². The van der Waals surface area contributed by atoms with Crippen molar-refractivity contribution in [2.75, 3.05) is 6.61 Å². The van der Waals surface area contributed by atoms with E-state index in [-0.39, 0.29) is 0 Å². The molecule has 0 aliphatic rings. The highest BCUT2D eigenvalue weighted by atomic mass is 32.1. The number of hydrogen-bond donors (Lipinski definition) is 1. The molecule has 3 aromatic rings. The smallest absolute Gasteiger partial charge is 0.216 e. The van der Waals surface area contributed by atoms with E-state index < -0.39 is 0 Å². The fourth-order valence-electron chi connectivity index (χ4n) is 2.05. The fourth-order valence-corrected chi connectivity index (χ4v) is 2.23. The van der Waals surface area contributed by atoms with E-state index in [9.17, 15) is 0 Å². The summed E-state index contributed by atoms with van der Waals surface area (Å²) >= 11 is 5.24. The molecule has 0 fully saturated rings. The van der Waals surface area contributed by atoms with Crippen LogP contribution < -0.4 is 4.74 Å². The number of rotatable bonds is 5. The van der Waals surface area contributed by atoms with Crippen molar-refractivity contribution < 1.29 is 4.74 Å². The van der Waals surface area contributed by atoms with E-state index in [0.717, 1.165) is 11.3 Å². The van der Waals surface area contributed by atoms with Crippen LogP contribution in [0.15, 0.2) is 53.8 Å². The van der Waals surface area contributed by atoms with Crippen molar-refractivity contribution in [1.29, 1.82) is 0 Å². The standard InChI is InChI=1S/C16H15N5OS/c1-2-22-14-9-4-3-7-12(14)11-18-21-15(19-20-16(21)23)13-8-5-6-10-17-13/h3-11H,2H2,1H3,(H,20,23). The van der Waals surface area contributed by atoms with Crippen molar-refractivity contribution in [3.05, 3.63) is 59.0 Å². The van der Waals surface area contributed by atoms with Crippen LogP contribution in [0.5, 0.6) is 5.75 Å². The predicted octanol–water partition coefficient (Wildman–Crippen LogP) is 3.28. The number of nitrogens with one attached hydrogen (secondary N) is 1. The Morgan fingerprint density at radius 3 is 2.87 bits per heavy atom. The van der Waals surface area contributed by atoms with Crippen LogP contribution in [-0.4, -0.2) is 32.7 Å². The van der Waals surface area contributed by atoms with E-state index in [1.807, 2.05) is 49.4 Å². The van der Waals surface area contributed by atoms with E-state index in [0.29, 0.717) is 22.9 Å². The zero-order valence-electron chi connectivity index (χ0n) is 12.5. The van der Waals surface area contributed by atoms with Gasteiger partial charge in [-0.2, -0.15) is 14.9 Å². The van der Waals surface area contributed by atoms with Gasteiger partial charge in [-0.05, 0) is 43.4 Å². The molecule has 0 aliphatic heterocycles. The molecule has 0 radical (unpaired) electrons. The van der Waals surface area contributed by atoms with Crippen LogP contribution >= 0.6 is 12.2 Å². The van der Waals surface area contributed by atoms with Gasteiger partial charge in [-0.15, -0.1) is 0 Å². The fraction of sp³-hybridized carbons (Fsp3) is 0.125. The molecule has 7 heteroatoms. The highest BCUT2D eigenvalue weighted by Crippen LogP contribution is 2.17. The maximum atomic E-state index is 5.59. The van der Waals surface area contributed by atoms with E-state index in [1.54, 1.807) is 17.1 Å². The van der Waals surface area contributed by atoms with Gasteiger partial charge < -0.3 is 4.74 Å². The molecule has 0 amide bonds. The molecule has 0 spiro atoms. The lowest BCUT2D eigenvalue weighted by molar-refractivity contribution is 0.340. The normalized spacial score (nSPS) is 11.0. The molecule has 2 heterocycles. The van der Waals surface area contributed by atoms with Crippen molar-refractivity contribution in [3.8, 4) is 17.3 Å². The molecule has 116 valence electrons. The first kappa shape index (κ1) is 15.1. The van der Waals surface area contributed by atoms with Gasteiger partial charge in [-0.25, -0.2) is 5.10 Å². The lowest BCUT2D eigenvalue weighted by atomic mass is 10.2.